The summed E-state index contributed by atoms with van der Waals surface area (Å²) in [7, 11) is 0. The van der Waals surface area contributed by atoms with Gasteiger partial charge < -0.3 is 5.73 Å². The van der Waals surface area contributed by atoms with Crippen LogP contribution in [0.2, 0.25) is 0 Å². The predicted octanol–water partition coefficient (Wildman–Crippen LogP) is 3.11. The molecule has 0 fully saturated rings. The normalized spacial score (nSPS) is 10.8. The molecule has 3 nitrogen and oxygen atoms in total. The van der Waals surface area contributed by atoms with Crippen LogP contribution in [0, 0.1) is 6.92 Å². The van der Waals surface area contributed by atoms with Crippen molar-refractivity contribution in [1.29, 1.82) is 0 Å². The lowest BCUT2D eigenvalue weighted by Crippen LogP contribution is -2.00. The Morgan fingerprint density at radius 1 is 1.05 bits per heavy atom. The lowest BCUT2D eigenvalue weighted by Gasteiger charge is -2.08. The first-order valence-corrected chi connectivity index (χ1v) is 6.27. The van der Waals surface area contributed by atoms with E-state index in [9.17, 15) is 0 Å². The maximum absolute atomic E-state index is 5.95. The van der Waals surface area contributed by atoms with Gasteiger partial charge in [0.15, 0.2) is 0 Å². The average Bonchev–Trinajstić information content (AvgIpc) is 2.43. The first-order chi connectivity index (χ1) is 9.24. The number of pyridine rings is 2. The standard InChI is InChI=1S/C16H15N3/c1-11-8-13(16(17)19-10-11)9-12-6-7-18-15-5-3-2-4-14(12)15/h2-8,10H,9H2,1H3,(H2,17,19). The Morgan fingerprint density at radius 2 is 1.89 bits per heavy atom. The number of anilines is 1. The van der Waals surface area contributed by atoms with Crippen LogP contribution in [0.3, 0.4) is 0 Å². The molecule has 0 amide bonds. The second kappa shape index (κ2) is 4.69. The fourth-order valence-electron chi connectivity index (χ4n) is 2.30. The molecule has 0 aliphatic heterocycles. The first kappa shape index (κ1) is 11.7. The Bertz CT molecular complexity index is 730. The minimum atomic E-state index is 0.603. The summed E-state index contributed by atoms with van der Waals surface area (Å²) < 4.78 is 0. The Hall–Kier alpha value is -2.42. The van der Waals surface area contributed by atoms with Gasteiger partial charge in [0.25, 0.3) is 0 Å². The van der Waals surface area contributed by atoms with E-state index in [1.807, 2.05) is 37.4 Å². The Kier molecular flexibility index (Phi) is 2.88. The number of para-hydroxylation sites is 1. The number of rotatable bonds is 2. The summed E-state index contributed by atoms with van der Waals surface area (Å²) in [5.41, 5.74) is 10.4. The second-order valence-corrected chi connectivity index (χ2v) is 4.72. The van der Waals surface area contributed by atoms with Gasteiger partial charge in [-0.1, -0.05) is 24.3 Å². The highest BCUT2D eigenvalue weighted by Crippen LogP contribution is 2.21. The van der Waals surface area contributed by atoms with Gasteiger partial charge in [-0.25, -0.2) is 4.98 Å². The van der Waals surface area contributed by atoms with Gasteiger partial charge in [-0.15, -0.1) is 0 Å². The van der Waals surface area contributed by atoms with Crippen molar-refractivity contribution in [3.8, 4) is 0 Å². The minimum absolute atomic E-state index is 0.603. The summed E-state index contributed by atoms with van der Waals surface area (Å²) in [6, 6.07) is 12.3. The molecule has 3 rings (SSSR count). The molecule has 0 unspecified atom stereocenters. The summed E-state index contributed by atoms with van der Waals surface area (Å²) in [5, 5.41) is 1.17. The third-order valence-corrected chi connectivity index (χ3v) is 3.26. The molecule has 0 aliphatic carbocycles. The Morgan fingerprint density at radius 3 is 2.79 bits per heavy atom. The SMILES string of the molecule is Cc1cnc(N)c(Cc2ccnc3ccccc23)c1. The number of nitrogens with zero attached hydrogens (tertiary/aromatic N) is 2. The Balaban J connectivity index is 2.08. The van der Waals surface area contributed by atoms with Gasteiger partial charge in [-0.2, -0.15) is 0 Å². The van der Waals surface area contributed by atoms with Crippen LogP contribution in [-0.4, -0.2) is 9.97 Å². The van der Waals surface area contributed by atoms with E-state index in [0.29, 0.717) is 5.82 Å². The van der Waals surface area contributed by atoms with E-state index in [1.54, 1.807) is 6.20 Å². The molecule has 3 heteroatoms. The Labute approximate surface area is 112 Å². The fourth-order valence-corrected chi connectivity index (χ4v) is 2.30. The summed E-state index contributed by atoms with van der Waals surface area (Å²) in [5.74, 6) is 0.603. The third kappa shape index (κ3) is 2.27. The zero-order valence-corrected chi connectivity index (χ0v) is 10.8. The smallest absolute Gasteiger partial charge is 0.126 e. The van der Waals surface area contributed by atoms with E-state index in [-0.39, 0.29) is 0 Å². The number of fused-ring (bicyclic) bond motifs is 1. The topological polar surface area (TPSA) is 51.8 Å². The van der Waals surface area contributed by atoms with Crippen molar-refractivity contribution in [2.75, 3.05) is 5.73 Å². The highest BCUT2D eigenvalue weighted by molar-refractivity contribution is 5.82. The number of aryl methyl sites for hydroxylation is 1. The molecule has 0 aliphatic rings. The van der Waals surface area contributed by atoms with Crippen LogP contribution in [0.15, 0.2) is 48.8 Å². The van der Waals surface area contributed by atoms with Crippen molar-refractivity contribution in [3.63, 3.8) is 0 Å². The van der Waals surface area contributed by atoms with Gasteiger partial charge >= 0.3 is 0 Å². The van der Waals surface area contributed by atoms with Crippen LogP contribution < -0.4 is 5.73 Å². The molecule has 1 aromatic carbocycles. The molecule has 0 atom stereocenters. The maximum Gasteiger partial charge on any atom is 0.126 e. The molecule has 94 valence electrons. The minimum Gasteiger partial charge on any atom is -0.383 e. The molecule has 0 bridgehead atoms. The molecule has 2 N–H and O–H groups in total. The van der Waals surface area contributed by atoms with Crippen LogP contribution in [0.4, 0.5) is 5.82 Å². The molecular formula is C16H15N3. The number of nitrogens with two attached hydrogens (primary N) is 1. The quantitative estimate of drug-likeness (QED) is 0.759. The molecule has 0 saturated heterocycles. The van der Waals surface area contributed by atoms with Gasteiger partial charge in [-0.3, -0.25) is 4.98 Å². The van der Waals surface area contributed by atoms with Gasteiger partial charge in [0.05, 0.1) is 5.52 Å². The van der Waals surface area contributed by atoms with Crippen LogP contribution in [0.1, 0.15) is 16.7 Å². The number of benzene rings is 1. The highest BCUT2D eigenvalue weighted by Gasteiger charge is 2.06. The first-order valence-electron chi connectivity index (χ1n) is 6.27. The molecule has 0 spiro atoms. The predicted molar refractivity (Wildman–Crippen MR) is 77.9 cm³/mol. The molecule has 0 radical (unpaired) electrons. The lowest BCUT2D eigenvalue weighted by molar-refractivity contribution is 1.14. The van der Waals surface area contributed by atoms with Crippen molar-refractivity contribution in [2.45, 2.75) is 13.3 Å². The van der Waals surface area contributed by atoms with E-state index < -0.39 is 0 Å². The number of hydrogen-bond donors (Lipinski definition) is 1. The van der Waals surface area contributed by atoms with E-state index >= 15 is 0 Å². The van der Waals surface area contributed by atoms with Crippen molar-refractivity contribution in [1.82, 2.24) is 9.97 Å². The van der Waals surface area contributed by atoms with Crippen LogP contribution in [0.25, 0.3) is 10.9 Å². The van der Waals surface area contributed by atoms with Crippen LogP contribution in [-0.2, 0) is 6.42 Å². The lowest BCUT2D eigenvalue weighted by atomic mass is 10.0. The fraction of sp³-hybridized carbons (Fsp3) is 0.125. The zero-order valence-electron chi connectivity index (χ0n) is 10.8. The van der Waals surface area contributed by atoms with Gasteiger partial charge in [0.1, 0.15) is 5.82 Å². The molecule has 3 aromatic rings. The molecule has 2 heterocycles. The largest absolute Gasteiger partial charge is 0.383 e. The maximum atomic E-state index is 5.95. The van der Waals surface area contributed by atoms with Crippen LogP contribution >= 0.6 is 0 Å². The van der Waals surface area contributed by atoms with Gasteiger partial charge in [0, 0.05) is 24.2 Å². The molecule has 2 aromatic heterocycles. The van der Waals surface area contributed by atoms with Crippen LogP contribution in [0.5, 0.6) is 0 Å². The molecule has 0 saturated carbocycles. The summed E-state index contributed by atoms with van der Waals surface area (Å²) in [6.45, 7) is 2.03. The van der Waals surface area contributed by atoms with Crippen molar-refractivity contribution in [3.05, 3.63) is 65.5 Å². The second-order valence-electron chi connectivity index (χ2n) is 4.72. The molecular weight excluding hydrogens is 234 g/mol. The highest BCUT2D eigenvalue weighted by atomic mass is 14.8. The van der Waals surface area contributed by atoms with Gasteiger partial charge in [0.2, 0.25) is 0 Å². The van der Waals surface area contributed by atoms with Crippen molar-refractivity contribution < 1.29 is 0 Å². The van der Waals surface area contributed by atoms with Crippen molar-refractivity contribution >= 4 is 16.7 Å². The van der Waals surface area contributed by atoms with Gasteiger partial charge in [-0.05, 0) is 35.7 Å². The summed E-state index contributed by atoms with van der Waals surface area (Å²) >= 11 is 0. The summed E-state index contributed by atoms with van der Waals surface area (Å²) in [4.78, 5) is 8.59. The monoisotopic (exact) mass is 249 g/mol. The van der Waals surface area contributed by atoms with Crippen molar-refractivity contribution in [2.24, 2.45) is 0 Å². The van der Waals surface area contributed by atoms with E-state index in [2.05, 4.69) is 22.1 Å². The van der Waals surface area contributed by atoms with E-state index in [4.69, 9.17) is 5.73 Å². The van der Waals surface area contributed by atoms with E-state index in [1.165, 1.54) is 10.9 Å². The summed E-state index contributed by atoms with van der Waals surface area (Å²) in [6.07, 6.45) is 4.42. The zero-order chi connectivity index (χ0) is 13.2. The number of nitrogen functional groups attached to an aromatic ring is 1. The van der Waals surface area contributed by atoms with E-state index in [0.717, 1.165) is 23.1 Å². The average molecular weight is 249 g/mol. The molecule has 19 heavy (non-hydrogen) atoms. The number of aromatic nitrogens is 2. The third-order valence-electron chi connectivity index (χ3n) is 3.26. The number of hydrogen-bond acceptors (Lipinski definition) is 3.